The van der Waals surface area contributed by atoms with Gasteiger partial charge in [-0.25, -0.2) is 4.79 Å². The number of carbonyl (C=O) groups is 1. The summed E-state index contributed by atoms with van der Waals surface area (Å²) in [6.45, 7) is -0.202. The van der Waals surface area contributed by atoms with Gasteiger partial charge in [-0.3, -0.25) is 0 Å². The molecular weight excluding hydrogens is 212 g/mol. The zero-order valence-corrected chi connectivity index (χ0v) is 9.05. The fourth-order valence-electron chi connectivity index (χ4n) is 2.84. The third kappa shape index (κ3) is 1.46. The molecule has 90 valence electrons. The van der Waals surface area contributed by atoms with Crippen molar-refractivity contribution in [3.05, 3.63) is 0 Å². The number of hydrogen-bond donors (Lipinski definition) is 1. The van der Waals surface area contributed by atoms with Crippen LogP contribution in [-0.2, 0) is 19.0 Å². The van der Waals surface area contributed by atoms with Gasteiger partial charge in [0.1, 0.15) is 6.10 Å². The zero-order chi connectivity index (χ0) is 11.2. The first-order chi connectivity index (χ1) is 7.74. The standard InChI is InChI=1S/C11H16O5/c12-6-7-8-9(10(13)14-7)16-11(15-8)4-2-1-3-5-11/h7-9,12H,1-6H2/t7?,8-,9-/m0/s1. The topological polar surface area (TPSA) is 65.0 Å². The Balaban J connectivity index is 1.78. The van der Waals surface area contributed by atoms with Crippen molar-refractivity contribution in [3.63, 3.8) is 0 Å². The van der Waals surface area contributed by atoms with E-state index < -0.39 is 30.1 Å². The molecule has 1 saturated carbocycles. The highest BCUT2D eigenvalue weighted by atomic mass is 16.8. The summed E-state index contributed by atoms with van der Waals surface area (Å²) in [4.78, 5) is 11.5. The maximum absolute atomic E-state index is 11.5. The molecule has 16 heavy (non-hydrogen) atoms. The molecular formula is C11H16O5. The normalized spacial score (nSPS) is 41.1. The lowest BCUT2D eigenvalue weighted by molar-refractivity contribution is -0.217. The van der Waals surface area contributed by atoms with E-state index in [0.717, 1.165) is 25.7 Å². The number of carbonyl (C=O) groups excluding carboxylic acids is 1. The molecule has 3 rings (SSSR count). The molecule has 5 heteroatoms. The second-order valence-corrected chi connectivity index (χ2v) is 4.75. The van der Waals surface area contributed by atoms with Crippen LogP contribution in [0.1, 0.15) is 32.1 Å². The predicted molar refractivity (Wildman–Crippen MR) is 52.5 cm³/mol. The molecule has 2 aliphatic heterocycles. The maximum atomic E-state index is 11.5. The summed E-state index contributed by atoms with van der Waals surface area (Å²) in [6, 6.07) is 0. The lowest BCUT2D eigenvalue weighted by Gasteiger charge is -2.32. The molecule has 2 heterocycles. The first kappa shape index (κ1) is 10.5. The van der Waals surface area contributed by atoms with Gasteiger partial charge >= 0.3 is 5.97 Å². The minimum absolute atomic E-state index is 0.202. The summed E-state index contributed by atoms with van der Waals surface area (Å²) in [5.41, 5.74) is 0. The van der Waals surface area contributed by atoms with E-state index in [9.17, 15) is 4.79 Å². The highest BCUT2D eigenvalue weighted by Gasteiger charge is 2.58. The average molecular weight is 228 g/mol. The largest absolute Gasteiger partial charge is 0.455 e. The molecule has 0 radical (unpaired) electrons. The van der Waals surface area contributed by atoms with E-state index in [1.54, 1.807) is 0 Å². The molecule has 0 aromatic rings. The van der Waals surface area contributed by atoms with Gasteiger partial charge in [0.05, 0.1) is 6.61 Å². The molecule has 0 amide bonds. The minimum atomic E-state index is -0.629. The van der Waals surface area contributed by atoms with Crippen molar-refractivity contribution >= 4 is 5.97 Å². The molecule has 0 bridgehead atoms. The lowest BCUT2D eigenvalue weighted by atomic mass is 9.94. The van der Waals surface area contributed by atoms with Crippen molar-refractivity contribution in [2.75, 3.05) is 6.61 Å². The number of aliphatic hydroxyl groups excluding tert-OH is 1. The van der Waals surface area contributed by atoms with E-state index in [1.807, 2.05) is 0 Å². The summed E-state index contributed by atoms with van der Waals surface area (Å²) in [5.74, 6) is -0.980. The van der Waals surface area contributed by atoms with Gasteiger partial charge in [-0.15, -0.1) is 0 Å². The van der Waals surface area contributed by atoms with Gasteiger partial charge in [0.15, 0.2) is 18.0 Å². The number of hydrogen-bond acceptors (Lipinski definition) is 5. The van der Waals surface area contributed by atoms with Crippen LogP contribution in [0, 0.1) is 0 Å². The molecule has 2 saturated heterocycles. The Morgan fingerprint density at radius 3 is 2.69 bits per heavy atom. The van der Waals surface area contributed by atoms with Crippen LogP contribution in [0.2, 0.25) is 0 Å². The van der Waals surface area contributed by atoms with Crippen LogP contribution in [0.3, 0.4) is 0 Å². The summed E-state index contributed by atoms with van der Waals surface area (Å²) >= 11 is 0. The van der Waals surface area contributed by atoms with Gasteiger partial charge in [-0.1, -0.05) is 6.42 Å². The van der Waals surface area contributed by atoms with Crippen molar-refractivity contribution in [1.29, 1.82) is 0 Å². The second kappa shape index (κ2) is 3.68. The first-order valence-electron chi connectivity index (χ1n) is 5.91. The van der Waals surface area contributed by atoms with Crippen molar-refractivity contribution in [2.24, 2.45) is 0 Å². The fourth-order valence-corrected chi connectivity index (χ4v) is 2.84. The molecule has 3 atom stereocenters. The highest BCUT2D eigenvalue weighted by molar-refractivity contribution is 5.78. The van der Waals surface area contributed by atoms with Gasteiger partial charge in [0, 0.05) is 12.8 Å². The number of cyclic esters (lactones) is 1. The Kier molecular flexibility index (Phi) is 2.42. The van der Waals surface area contributed by atoms with Crippen LogP contribution >= 0.6 is 0 Å². The van der Waals surface area contributed by atoms with E-state index in [2.05, 4.69) is 0 Å². The molecule has 5 nitrogen and oxygen atoms in total. The lowest BCUT2D eigenvalue weighted by Crippen LogP contribution is -2.37. The van der Waals surface area contributed by atoms with E-state index in [-0.39, 0.29) is 6.61 Å². The van der Waals surface area contributed by atoms with Crippen LogP contribution in [0.15, 0.2) is 0 Å². The van der Waals surface area contributed by atoms with Crippen molar-refractivity contribution in [1.82, 2.24) is 0 Å². The van der Waals surface area contributed by atoms with Crippen LogP contribution in [0.5, 0.6) is 0 Å². The number of esters is 1. The quantitative estimate of drug-likeness (QED) is 0.656. The Labute approximate surface area is 93.7 Å². The third-order valence-electron chi connectivity index (χ3n) is 3.65. The predicted octanol–water partition coefficient (Wildman–Crippen LogP) is 0.348. The van der Waals surface area contributed by atoms with Crippen LogP contribution in [0.4, 0.5) is 0 Å². The number of ether oxygens (including phenoxy) is 3. The molecule has 3 aliphatic rings. The van der Waals surface area contributed by atoms with Crippen LogP contribution < -0.4 is 0 Å². The fraction of sp³-hybridized carbons (Fsp3) is 0.909. The Bertz CT molecular complexity index is 297. The SMILES string of the molecule is O=C1OC(CO)[C@@H]2OC3(CCCCC3)O[C@H]12. The minimum Gasteiger partial charge on any atom is -0.455 e. The highest BCUT2D eigenvalue weighted by Crippen LogP contribution is 2.44. The van der Waals surface area contributed by atoms with E-state index >= 15 is 0 Å². The van der Waals surface area contributed by atoms with Crippen molar-refractivity contribution in [3.8, 4) is 0 Å². The Morgan fingerprint density at radius 2 is 2.00 bits per heavy atom. The van der Waals surface area contributed by atoms with E-state index in [4.69, 9.17) is 19.3 Å². The first-order valence-corrected chi connectivity index (χ1v) is 5.91. The maximum Gasteiger partial charge on any atom is 0.338 e. The van der Waals surface area contributed by atoms with Gasteiger partial charge in [-0.2, -0.15) is 0 Å². The Hall–Kier alpha value is -0.650. The van der Waals surface area contributed by atoms with Crippen molar-refractivity contribution < 1.29 is 24.1 Å². The second-order valence-electron chi connectivity index (χ2n) is 4.75. The molecule has 0 aromatic carbocycles. The van der Waals surface area contributed by atoms with Gasteiger partial charge < -0.3 is 19.3 Å². The summed E-state index contributed by atoms with van der Waals surface area (Å²) < 4.78 is 16.6. The molecule has 0 aromatic heterocycles. The van der Waals surface area contributed by atoms with E-state index in [1.165, 1.54) is 6.42 Å². The Morgan fingerprint density at radius 1 is 1.25 bits per heavy atom. The van der Waals surface area contributed by atoms with Crippen LogP contribution in [-0.4, -0.2) is 41.8 Å². The number of rotatable bonds is 1. The zero-order valence-electron chi connectivity index (χ0n) is 9.05. The summed E-state index contributed by atoms with van der Waals surface area (Å²) in [5, 5.41) is 9.10. The van der Waals surface area contributed by atoms with Gasteiger partial charge in [0.25, 0.3) is 0 Å². The van der Waals surface area contributed by atoms with Gasteiger partial charge in [0.2, 0.25) is 0 Å². The number of fused-ring (bicyclic) bond motifs is 1. The average Bonchev–Trinajstić information content (AvgIpc) is 2.78. The molecule has 1 aliphatic carbocycles. The van der Waals surface area contributed by atoms with Crippen LogP contribution in [0.25, 0.3) is 0 Å². The smallest absolute Gasteiger partial charge is 0.338 e. The molecule has 3 fully saturated rings. The molecule has 1 N–H and O–H groups in total. The molecule has 1 unspecified atom stereocenters. The van der Waals surface area contributed by atoms with E-state index in [0.29, 0.717) is 0 Å². The summed E-state index contributed by atoms with van der Waals surface area (Å²) in [6.07, 6.45) is 3.40. The summed E-state index contributed by atoms with van der Waals surface area (Å²) in [7, 11) is 0. The monoisotopic (exact) mass is 228 g/mol. The van der Waals surface area contributed by atoms with Crippen molar-refractivity contribution in [2.45, 2.75) is 56.2 Å². The number of aliphatic hydroxyl groups is 1. The van der Waals surface area contributed by atoms with Gasteiger partial charge in [-0.05, 0) is 12.8 Å². The third-order valence-corrected chi connectivity index (χ3v) is 3.65. The molecule has 1 spiro atoms.